The van der Waals surface area contributed by atoms with E-state index in [9.17, 15) is 13.2 Å². The van der Waals surface area contributed by atoms with Gasteiger partial charge in [0.25, 0.3) is 5.91 Å². The number of hydrogen-bond acceptors (Lipinski definition) is 4. The number of hydrogen-bond donors (Lipinski definition) is 1. The zero-order valence-electron chi connectivity index (χ0n) is 14.1. The lowest BCUT2D eigenvalue weighted by Crippen LogP contribution is -2.39. The molecule has 0 aliphatic heterocycles. The van der Waals surface area contributed by atoms with E-state index in [1.807, 2.05) is 31.2 Å². The average Bonchev–Trinajstić information content (AvgIpc) is 2.52. The molecule has 0 aliphatic rings. The lowest BCUT2D eigenvalue weighted by molar-refractivity contribution is -0.119. The topological polar surface area (TPSA) is 78.8 Å². The molecule has 0 aromatic heterocycles. The Balaban J connectivity index is 2.11. The van der Waals surface area contributed by atoms with Crippen molar-refractivity contribution in [1.82, 2.24) is 5.43 Å². The maximum atomic E-state index is 12.1. The van der Waals surface area contributed by atoms with E-state index in [0.717, 1.165) is 21.7 Å². The van der Waals surface area contributed by atoms with Crippen LogP contribution in [0, 0.1) is 6.92 Å². The van der Waals surface area contributed by atoms with Gasteiger partial charge < -0.3 is 0 Å². The fourth-order valence-electron chi connectivity index (χ4n) is 2.08. The predicted molar refractivity (Wildman–Crippen MR) is 106 cm³/mol. The molecule has 0 saturated carbocycles. The van der Waals surface area contributed by atoms with Crippen molar-refractivity contribution in [1.29, 1.82) is 0 Å². The van der Waals surface area contributed by atoms with Gasteiger partial charge in [-0.1, -0.05) is 53.0 Å². The summed E-state index contributed by atoms with van der Waals surface area (Å²) < 4.78 is 25.0. The van der Waals surface area contributed by atoms with Crippen molar-refractivity contribution in [2.24, 2.45) is 5.10 Å². The van der Waals surface area contributed by atoms with Crippen LogP contribution in [-0.2, 0) is 14.8 Å². The van der Waals surface area contributed by atoms with Crippen molar-refractivity contribution in [3.05, 3.63) is 63.6 Å². The second-order valence-corrected chi connectivity index (χ2v) is 8.38. The van der Waals surface area contributed by atoms with Crippen molar-refractivity contribution in [3.63, 3.8) is 0 Å². The Labute approximate surface area is 162 Å². The fourth-order valence-corrected chi connectivity index (χ4v) is 3.44. The first-order valence-corrected chi connectivity index (χ1v) is 10.1. The number of amides is 1. The molecule has 2 rings (SSSR count). The number of aryl methyl sites for hydroxylation is 1. The van der Waals surface area contributed by atoms with Gasteiger partial charge in [0.2, 0.25) is 10.0 Å². The molecule has 0 bridgehead atoms. The number of nitrogens with one attached hydrogen (secondary N) is 1. The Morgan fingerprint density at radius 2 is 1.73 bits per heavy atom. The summed E-state index contributed by atoms with van der Waals surface area (Å²) in [4.78, 5) is 12.1. The SMILES string of the molecule is Cc1ccc(/C=N\NC(=O)CN(c2cc(Cl)cc(Cl)c2)S(C)(=O)=O)cc1. The number of halogens is 2. The summed E-state index contributed by atoms with van der Waals surface area (Å²) in [5.74, 6) is -0.602. The Morgan fingerprint density at radius 3 is 2.27 bits per heavy atom. The summed E-state index contributed by atoms with van der Waals surface area (Å²) in [5, 5.41) is 4.36. The second kappa shape index (κ2) is 8.53. The summed E-state index contributed by atoms with van der Waals surface area (Å²) in [6, 6.07) is 11.8. The normalized spacial score (nSPS) is 11.5. The van der Waals surface area contributed by atoms with Gasteiger partial charge in [-0.3, -0.25) is 9.10 Å². The number of carbonyl (C=O) groups is 1. The van der Waals surface area contributed by atoms with E-state index in [4.69, 9.17) is 23.2 Å². The van der Waals surface area contributed by atoms with Gasteiger partial charge in [0.15, 0.2) is 0 Å². The first kappa shape index (κ1) is 20.2. The van der Waals surface area contributed by atoms with Gasteiger partial charge in [-0.25, -0.2) is 13.8 Å². The van der Waals surface area contributed by atoms with Gasteiger partial charge in [0.05, 0.1) is 18.2 Å². The van der Waals surface area contributed by atoms with E-state index in [1.165, 1.54) is 24.4 Å². The predicted octanol–water partition coefficient (Wildman–Crippen LogP) is 3.22. The first-order valence-electron chi connectivity index (χ1n) is 7.47. The average molecular weight is 414 g/mol. The van der Waals surface area contributed by atoms with Crippen molar-refractivity contribution in [3.8, 4) is 0 Å². The molecule has 6 nitrogen and oxygen atoms in total. The van der Waals surface area contributed by atoms with Gasteiger partial charge in [-0.2, -0.15) is 5.10 Å². The van der Waals surface area contributed by atoms with Crippen LogP contribution in [0.1, 0.15) is 11.1 Å². The first-order chi connectivity index (χ1) is 12.1. The van der Waals surface area contributed by atoms with Crippen molar-refractivity contribution in [2.45, 2.75) is 6.92 Å². The molecular formula is C17H17Cl2N3O3S. The van der Waals surface area contributed by atoms with Crippen LogP contribution in [-0.4, -0.2) is 33.3 Å². The number of rotatable bonds is 6. The number of benzene rings is 2. The molecular weight excluding hydrogens is 397 g/mol. The molecule has 1 amide bonds. The number of hydrazone groups is 1. The highest BCUT2D eigenvalue weighted by Gasteiger charge is 2.21. The molecule has 0 radical (unpaired) electrons. The third-order valence-electron chi connectivity index (χ3n) is 3.30. The fraction of sp³-hybridized carbons (Fsp3) is 0.176. The van der Waals surface area contributed by atoms with Crippen LogP contribution >= 0.6 is 23.2 Å². The minimum Gasteiger partial charge on any atom is -0.271 e. The largest absolute Gasteiger partial charge is 0.271 e. The summed E-state index contributed by atoms with van der Waals surface area (Å²) in [6.07, 6.45) is 2.46. The molecule has 2 aromatic rings. The molecule has 0 unspecified atom stereocenters. The maximum absolute atomic E-state index is 12.1. The number of nitrogens with zero attached hydrogens (tertiary/aromatic N) is 2. The van der Waals surface area contributed by atoms with Crippen LogP contribution in [0.25, 0.3) is 0 Å². The Bertz CT molecular complexity index is 909. The molecule has 2 aromatic carbocycles. The number of anilines is 1. The van der Waals surface area contributed by atoms with E-state index in [1.54, 1.807) is 0 Å². The third-order valence-corrected chi connectivity index (χ3v) is 4.88. The molecule has 1 N–H and O–H groups in total. The van der Waals surface area contributed by atoms with Gasteiger partial charge >= 0.3 is 0 Å². The van der Waals surface area contributed by atoms with Crippen molar-refractivity contribution in [2.75, 3.05) is 17.1 Å². The molecule has 138 valence electrons. The van der Waals surface area contributed by atoms with Crippen LogP contribution in [0.15, 0.2) is 47.6 Å². The van der Waals surface area contributed by atoms with Crippen LogP contribution in [0.4, 0.5) is 5.69 Å². The molecule has 0 saturated heterocycles. The van der Waals surface area contributed by atoms with E-state index < -0.39 is 22.5 Å². The highest BCUT2D eigenvalue weighted by atomic mass is 35.5. The highest BCUT2D eigenvalue weighted by Crippen LogP contribution is 2.26. The maximum Gasteiger partial charge on any atom is 0.260 e. The van der Waals surface area contributed by atoms with Gasteiger partial charge in [0, 0.05) is 10.0 Å². The molecule has 0 spiro atoms. The summed E-state index contributed by atoms with van der Waals surface area (Å²) in [5.41, 5.74) is 4.41. The summed E-state index contributed by atoms with van der Waals surface area (Å²) >= 11 is 11.8. The Kier molecular flexibility index (Phi) is 6.63. The van der Waals surface area contributed by atoms with E-state index >= 15 is 0 Å². The van der Waals surface area contributed by atoms with E-state index in [0.29, 0.717) is 0 Å². The van der Waals surface area contributed by atoms with Crippen LogP contribution in [0.5, 0.6) is 0 Å². The quantitative estimate of drug-likeness (QED) is 0.583. The lowest BCUT2D eigenvalue weighted by Gasteiger charge is -2.21. The van der Waals surface area contributed by atoms with Crippen molar-refractivity contribution >= 4 is 51.0 Å². The molecule has 9 heteroatoms. The monoisotopic (exact) mass is 413 g/mol. The second-order valence-electron chi connectivity index (χ2n) is 5.60. The smallest absolute Gasteiger partial charge is 0.260 e. The van der Waals surface area contributed by atoms with Crippen LogP contribution in [0.2, 0.25) is 10.0 Å². The van der Waals surface area contributed by atoms with Crippen LogP contribution in [0.3, 0.4) is 0 Å². The standard InChI is InChI=1S/C17H17Cl2N3O3S/c1-12-3-5-13(6-4-12)10-20-21-17(23)11-22(26(2,24)25)16-8-14(18)7-15(19)9-16/h3-10H,11H2,1-2H3,(H,21,23)/b20-10-. The third kappa shape index (κ3) is 6.01. The van der Waals surface area contributed by atoms with E-state index in [-0.39, 0.29) is 15.7 Å². The molecule has 0 fully saturated rings. The van der Waals surface area contributed by atoms with E-state index in [2.05, 4.69) is 10.5 Å². The minimum absolute atomic E-state index is 0.197. The minimum atomic E-state index is -3.73. The molecule has 0 heterocycles. The van der Waals surface area contributed by atoms with Gasteiger partial charge in [0.1, 0.15) is 6.54 Å². The van der Waals surface area contributed by atoms with Gasteiger partial charge in [-0.05, 0) is 30.7 Å². The van der Waals surface area contributed by atoms with Gasteiger partial charge in [-0.15, -0.1) is 0 Å². The zero-order chi connectivity index (χ0) is 19.3. The lowest BCUT2D eigenvalue weighted by atomic mass is 10.2. The summed E-state index contributed by atoms with van der Waals surface area (Å²) in [6.45, 7) is 1.51. The Hall–Kier alpha value is -2.09. The molecule has 26 heavy (non-hydrogen) atoms. The number of sulfonamides is 1. The molecule has 0 aliphatic carbocycles. The number of carbonyl (C=O) groups excluding carboxylic acids is 1. The summed E-state index contributed by atoms with van der Waals surface area (Å²) in [7, 11) is -3.73. The van der Waals surface area contributed by atoms with Crippen LogP contribution < -0.4 is 9.73 Å². The zero-order valence-corrected chi connectivity index (χ0v) is 16.4. The molecule has 0 atom stereocenters. The Morgan fingerprint density at radius 1 is 1.15 bits per heavy atom. The highest BCUT2D eigenvalue weighted by molar-refractivity contribution is 7.92. The van der Waals surface area contributed by atoms with Crippen molar-refractivity contribution < 1.29 is 13.2 Å².